The average Bonchev–Trinajstić information content (AvgIpc) is 2.50. The lowest BCUT2D eigenvalue weighted by Gasteiger charge is -2.10. The molecular weight excluding hydrogens is 118 g/mol. The Morgan fingerprint density at radius 3 is 2.67 bits per heavy atom. The molecule has 1 saturated carbocycles. The summed E-state index contributed by atoms with van der Waals surface area (Å²) in [6.07, 6.45) is 1.59. The quantitative estimate of drug-likeness (QED) is 0.604. The van der Waals surface area contributed by atoms with Crippen LogP contribution in [0.3, 0.4) is 0 Å². The zero-order chi connectivity index (χ0) is 6.85. The lowest BCUT2D eigenvalue weighted by atomic mass is 10.4. The van der Waals surface area contributed by atoms with Crippen LogP contribution in [0.5, 0.6) is 0 Å². The van der Waals surface area contributed by atoms with Crippen molar-refractivity contribution in [3.05, 3.63) is 0 Å². The van der Waals surface area contributed by atoms with E-state index in [-0.39, 0.29) is 0 Å². The summed E-state index contributed by atoms with van der Waals surface area (Å²) in [5.41, 5.74) is 0. The molecule has 3 heteroatoms. The maximum atomic E-state index is 10.2. The van der Waals surface area contributed by atoms with Crippen LogP contribution in [0.25, 0.3) is 0 Å². The molecule has 0 radical (unpaired) electrons. The van der Waals surface area contributed by atoms with Crippen molar-refractivity contribution in [2.45, 2.75) is 12.8 Å². The van der Waals surface area contributed by atoms with Gasteiger partial charge in [0.15, 0.2) is 0 Å². The van der Waals surface area contributed by atoms with Crippen LogP contribution >= 0.6 is 0 Å². The highest BCUT2D eigenvalue weighted by molar-refractivity contribution is 5.64. The van der Waals surface area contributed by atoms with Crippen LogP contribution in [0, 0.1) is 5.92 Å². The van der Waals surface area contributed by atoms with Gasteiger partial charge in [-0.05, 0) is 18.8 Å². The molecule has 0 aromatic heterocycles. The van der Waals surface area contributed by atoms with E-state index in [0.717, 1.165) is 6.54 Å². The molecule has 1 rings (SSSR count). The highest BCUT2D eigenvalue weighted by Gasteiger charge is 2.24. The van der Waals surface area contributed by atoms with E-state index in [4.69, 9.17) is 5.11 Å². The fourth-order valence-corrected chi connectivity index (χ4v) is 0.766. The summed E-state index contributed by atoms with van der Waals surface area (Å²) >= 11 is 0. The highest BCUT2D eigenvalue weighted by atomic mass is 16.4. The first-order chi connectivity index (χ1) is 4.20. The van der Waals surface area contributed by atoms with Crippen molar-refractivity contribution in [2.75, 3.05) is 13.6 Å². The minimum atomic E-state index is -0.818. The van der Waals surface area contributed by atoms with Gasteiger partial charge in [-0.25, -0.2) is 4.79 Å². The Labute approximate surface area is 54.3 Å². The summed E-state index contributed by atoms with van der Waals surface area (Å²) in [7, 11) is 1.61. The zero-order valence-electron chi connectivity index (χ0n) is 5.50. The highest BCUT2D eigenvalue weighted by Crippen LogP contribution is 2.29. The second kappa shape index (κ2) is 2.25. The Morgan fingerprint density at radius 2 is 2.33 bits per heavy atom. The molecule has 0 heterocycles. The van der Waals surface area contributed by atoms with Crippen molar-refractivity contribution in [3.8, 4) is 0 Å². The van der Waals surface area contributed by atoms with Crippen molar-refractivity contribution in [1.82, 2.24) is 4.90 Å². The van der Waals surface area contributed by atoms with Crippen molar-refractivity contribution in [1.29, 1.82) is 0 Å². The predicted molar refractivity (Wildman–Crippen MR) is 33.4 cm³/mol. The standard InChI is InChI=1S/C6H11NO2/c1-7(6(8)9)4-5-2-3-5/h5H,2-4H2,1H3,(H,8,9). The smallest absolute Gasteiger partial charge is 0.407 e. The van der Waals surface area contributed by atoms with Gasteiger partial charge in [0.1, 0.15) is 0 Å². The van der Waals surface area contributed by atoms with Crippen LogP contribution in [0.15, 0.2) is 0 Å². The molecule has 0 unspecified atom stereocenters. The Bertz CT molecular complexity index is 120. The van der Waals surface area contributed by atoms with Gasteiger partial charge in [-0.3, -0.25) is 0 Å². The van der Waals surface area contributed by atoms with E-state index in [9.17, 15) is 4.79 Å². The predicted octanol–water partition coefficient (Wildman–Crippen LogP) is 1.01. The molecule has 0 aromatic rings. The van der Waals surface area contributed by atoms with Gasteiger partial charge in [-0.15, -0.1) is 0 Å². The minimum absolute atomic E-state index is 0.658. The van der Waals surface area contributed by atoms with Gasteiger partial charge in [0.05, 0.1) is 0 Å². The zero-order valence-corrected chi connectivity index (χ0v) is 5.50. The molecule has 9 heavy (non-hydrogen) atoms. The monoisotopic (exact) mass is 129 g/mol. The molecule has 1 aliphatic rings. The van der Waals surface area contributed by atoms with Crippen molar-refractivity contribution >= 4 is 6.09 Å². The molecule has 0 atom stereocenters. The number of carbonyl (C=O) groups is 1. The number of hydrogen-bond donors (Lipinski definition) is 1. The average molecular weight is 129 g/mol. The van der Waals surface area contributed by atoms with E-state index >= 15 is 0 Å². The number of rotatable bonds is 2. The fourth-order valence-electron chi connectivity index (χ4n) is 0.766. The van der Waals surface area contributed by atoms with Crippen LogP contribution < -0.4 is 0 Å². The molecule has 0 aromatic carbocycles. The van der Waals surface area contributed by atoms with Gasteiger partial charge in [-0.2, -0.15) is 0 Å². The van der Waals surface area contributed by atoms with Crippen LogP contribution in [0.2, 0.25) is 0 Å². The van der Waals surface area contributed by atoms with Gasteiger partial charge < -0.3 is 10.0 Å². The molecule has 3 nitrogen and oxygen atoms in total. The van der Waals surface area contributed by atoms with Gasteiger partial charge in [0, 0.05) is 13.6 Å². The Hall–Kier alpha value is -0.730. The maximum absolute atomic E-state index is 10.2. The number of hydrogen-bond acceptors (Lipinski definition) is 1. The number of carboxylic acid groups (broad SMARTS) is 1. The molecular formula is C6H11NO2. The first kappa shape index (κ1) is 6.39. The summed E-state index contributed by atoms with van der Waals surface area (Å²) in [5.74, 6) is 0.658. The minimum Gasteiger partial charge on any atom is -0.465 e. The molecule has 0 spiro atoms. The number of amides is 1. The molecule has 1 aliphatic carbocycles. The van der Waals surface area contributed by atoms with Crippen molar-refractivity contribution < 1.29 is 9.90 Å². The lowest BCUT2D eigenvalue weighted by molar-refractivity contribution is 0.154. The van der Waals surface area contributed by atoms with E-state index in [1.165, 1.54) is 17.7 Å². The van der Waals surface area contributed by atoms with Crippen LogP contribution in [0.4, 0.5) is 4.79 Å². The normalized spacial score (nSPS) is 17.4. The van der Waals surface area contributed by atoms with E-state index in [1.807, 2.05) is 0 Å². The van der Waals surface area contributed by atoms with Crippen LogP contribution in [-0.2, 0) is 0 Å². The third-order valence-electron chi connectivity index (χ3n) is 1.56. The molecule has 1 amide bonds. The SMILES string of the molecule is CN(CC1CC1)C(=O)O. The molecule has 0 bridgehead atoms. The summed E-state index contributed by atoms with van der Waals surface area (Å²) in [5, 5.41) is 8.38. The molecule has 0 saturated heterocycles. The summed E-state index contributed by atoms with van der Waals surface area (Å²) < 4.78 is 0. The second-order valence-electron chi connectivity index (χ2n) is 2.61. The molecule has 1 fully saturated rings. The van der Waals surface area contributed by atoms with E-state index in [2.05, 4.69) is 0 Å². The lowest BCUT2D eigenvalue weighted by Crippen LogP contribution is -2.26. The van der Waals surface area contributed by atoms with Crippen LogP contribution in [0.1, 0.15) is 12.8 Å². The Balaban J connectivity index is 2.16. The molecule has 0 aliphatic heterocycles. The van der Waals surface area contributed by atoms with Crippen molar-refractivity contribution in [2.24, 2.45) is 5.92 Å². The second-order valence-corrected chi connectivity index (χ2v) is 2.61. The summed E-state index contributed by atoms with van der Waals surface area (Å²) in [4.78, 5) is 11.5. The third-order valence-corrected chi connectivity index (χ3v) is 1.56. The Morgan fingerprint density at radius 1 is 1.78 bits per heavy atom. The van der Waals surface area contributed by atoms with E-state index in [0.29, 0.717) is 5.92 Å². The largest absolute Gasteiger partial charge is 0.465 e. The summed E-state index contributed by atoms with van der Waals surface area (Å²) in [6, 6.07) is 0. The topological polar surface area (TPSA) is 40.5 Å². The third kappa shape index (κ3) is 1.91. The maximum Gasteiger partial charge on any atom is 0.407 e. The van der Waals surface area contributed by atoms with Crippen LogP contribution in [-0.4, -0.2) is 29.7 Å². The van der Waals surface area contributed by atoms with Gasteiger partial charge in [0.25, 0.3) is 0 Å². The van der Waals surface area contributed by atoms with Gasteiger partial charge >= 0.3 is 6.09 Å². The fraction of sp³-hybridized carbons (Fsp3) is 0.833. The van der Waals surface area contributed by atoms with E-state index < -0.39 is 6.09 Å². The molecule has 52 valence electrons. The first-order valence-electron chi connectivity index (χ1n) is 3.14. The van der Waals surface area contributed by atoms with E-state index in [1.54, 1.807) is 7.05 Å². The van der Waals surface area contributed by atoms with Gasteiger partial charge in [0.2, 0.25) is 0 Å². The number of nitrogens with zero attached hydrogens (tertiary/aromatic N) is 1. The molecule has 1 N–H and O–H groups in total. The Kier molecular flexibility index (Phi) is 1.60. The van der Waals surface area contributed by atoms with Gasteiger partial charge in [-0.1, -0.05) is 0 Å². The first-order valence-corrected chi connectivity index (χ1v) is 3.14. The van der Waals surface area contributed by atoms with Crippen molar-refractivity contribution in [3.63, 3.8) is 0 Å². The summed E-state index contributed by atoms with van der Waals surface area (Å²) in [6.45, 7) is 0.718.